The van der Waals surface area contributed by atoms with Gasteiger partial charge in [-0.15, -0.1) is 10.2 Å². The summed E-state index contributed by atoms with van der Waals surface area (Å²) in [6.07, 6.45) is 2.51. The summed E-state index contributed by atoms with van der Waals surface area (Å²) in [5.41, 5.74) is 4.73. The molecule has 0 saturated carbocycles. The zero-order chi connectivity index (χ0) is 13.3. The van der Waals surface area contributed by atoms with E-state index in [9.17, 15) is 9.59 Å². The van der Waals surface area contributed by atoms with Crippen LogP contribution in [-0.2, 0) is 4.79 Å². The van der Waals surface area contributed by atoms with E-state index in [-0.39, 0.29) is 16.8 Å². The Morgan fingerprint density at radius 2 is 2.06 bits per heavy atom. The number of carboxylic acids is 1. The second-order valence-electron chi connectivity index (χ2n) is 3.12. The molecule has 0 bridgehead atoms. The van der Waals surface area contributed by atoms with Crippen molar-refractivity contribution >= 4 is 23.5 Å². The summed E-state index contributed by atoms with van der Waals surface area (Å²) >= 11 is 5.35. The Balaban J connectivity index is 0.000000325. The zero-order valence-corrected chi connectivity index (χ0v) is 10.1. The molecule has 17 heavy (non-hydrogen) atoms. The van der Waals surface area contributed by atoms with Gasteiger partial charge in [0.1, 0.15) is 0 Å². The fourth-order valence-corrected chi connectivity index (χ4v) is 0.882. The van der Waals surface area contributed by atoms with Gasteiger partial charge in [-0.3, -0.25) is 4.79 Å². The fraction of sp³-hybridized carbons (Fsp3) is 0.400. The minimum atomic E-state index is -1.11. The van der Waals surface area contributed by atoms with E-state index in [1.807, 2.05) is 6.92 Å². The second-order valence-corrected chi connectivity index (χ2v) is 3.50. The van der Waals surface area contributed by atoms with E-state index in [4.69, 9.17) is 22.4 Å². The molecule has 0 atom stereocenters. The lowest BCUT2D eigenvalue weighted by molar-refractivity contribution is -0.118. The van der Waals surface area contributed by atoms with Crippen LogP contribution in [-0.4, -0.2) is 27.2 Å². The highest BCUT2D eigenvalue weighted by molar-refractivity contribution is 6.29. The van der Waals surface area contributed by atoms with Crippen LogP contribution in [0.15, 0.2) is 12.1 Å². The molecule has 7 heteroatoms. The van der Waals surface area contributed by atoms with Crippen LogP contribution >= 0.6 is 11.6 Å². The van der Waals surface area contributed by atoms with Crippen molar-refractivity contribution < 1.29 is 14.7 Å². The monoisotopic (exact) mass is 259 g/mol. The maximum Gasteiger partial charge on any atom is 0.356 e. The Morgan fingerprint density at radius 1 is 1.41 bits per heavy atom. The van der Waals surface area contributed by atoms with Gasteiger partial charge in [0.25, 0.3) is 0 Å². The van der Waals surface area contributed by atoms with Gasteiger partial charge >= 0.3 is 5.97 Å². The highest BCUT2D eigenvalue weighted by Gasteiger charge is 2.02. The molecule has 94 valence electrons. The molecule has 0 aliphatic carbocycles. The van der Waals surface area contributed by atoms with Gasteiger partial charge in [0.05, 0.1) is 0 Å². The van der Waals surface area contributed by atoms with Crippen LogP contribution in [0, 0.1) is 0 Å². The molecule has 0 fully saturated rings. The zero-order valence-electron chi connectivity index (χ0n) is 9.39. The number of primary amides is 1. The molecular formula is C10H14ClN3O3. The largest absolute Gasteiger partial charge is 0.476 e. The average molecular weight is 260 g/mol. The quantitative estimate of drug-likeness (QED) is 0.852. The van der Waals surface area contributed by atoms with E-state index in [1.54, 1.807) is 0 Å². The molecule has 1 aromatic heterocycles. The van der Waals surface area contributed by atoms with Crippen molar-refractivity contribution in [1.29, 1.82) is 0 Å². The lowest BCUT2D eigenvalue weighted by Crippen LogP contribution is -2.09. The van der Waals surface area contributed by atoms with Gasteiger partial charge in [0.2, 0.25) is 5.91 Å². The number of halogens is 1. The number of carboxylic acid groups (broad SMARTS) is 1. The Bertz CT molecular complexity index is 368. The SMILES string of the molecule is CCCCC(N)=O.O=C(O)c1ccc(Cl)nn1. The average Bonchev–Trinajstić information content (AvgIpc) is 2.27. The summed E-state index contributed by atoms with van der Waals surface area (Å²) in [6, 6.07) is 2.66. The van der Waals surface area contributed by atoms with E-state index in [1.165, 1.54) is 12.1 Å². The maximum atomic E-state index is 10.2. The van der Waals surface area contributed by atoms with E-state index in [0.29, 0.717) is 6.42 Å². The Morgan fingerprint density at radius 3 is 2.35 bits per heavy atom. The standard InChI is InChI=1S/C5H3ClN2O2.C5H11NO/c6-4-2-1-3(5(9)10)7-8-4;1-2-3-4-5(6)7/h1-2H,(H,9,10);2-4H2,1H3,(H2,6,7). The lowest BCUT2D eigenvalue weighted by Gasteiger charge is -1.89. The molecule has 0 aliphatic heterocycles. The number of nitrogens with two attached hydrogens (primary N) is 1. The molecular weight excluding hydrogens is 246 g/mol. The van der Waals surface area contributed by atoms with E-state index >= 15 is 0 Å². The van der Waals surface area contributed by atoms with Crippen molar-refractivity contribution in [2.45, 2.75) is 26.2 Å². The number of unbranched alkanes of at least 4 members (excludes halogenated alkanes) is 1. The molecule has 1 amide bonds. The summed E-state index contributed by atoms with van der Waals surface area (Å²) in [4.78, 5) is 20.1. The van der Waals surface area contributed by atoms with Gasteiger partial charge in [-0.2, -0.15) is 0 Å². The number of nitrogens with zero attached hydrogens (tertiary/aromatic N) is 2. The Hall–Kier alpha value is -1.69. The van der Waals surface area contributed by atoms with Gasteiger partial charge in [0, 0.05) is 6.42 Å². The maximum absolute atomic E-state index is 10.2. The number of aromatic nitrogens is 2. The van der Waals surface area contributed by atoms with Crippen LogP contribution in [0.5, 0.6) is 0 Å². The first-order chi connectivity index (χ1) is 7.97. The lowest BCUT2D eigenvalue weighted by atomic mass is 10.2. The molecule has 1 aromatic rings. The van der Waals surface area contributed by atoms with Gasteiger partial charge in [-0.1, -0.05) is 24.9 Å². The molecule has 0 unspecified atom stereocenters. The summed E-state index contributed by atoms with van der Waals surface area (Å²) in [5, 5.41) is 15.1. The first-order valence-electron chi connectivity index (χ1n) is 4.98. The molecule has 0 saturated heterocycles. The summed E-state index contributed by atoms with van der Waals surface area (Å²) in [6.45, 7) is 2.03. The van der Waals surface area contributed by atoms with E-state index in [0.717, 1.165) is 12.8 Å². The topological polar surface area (TPSA) is 106 Å². The molecule has 0 aromatic carbocycles. The number of hydrogen-bond donors (Lipinski definition) is 2. The predicted molar refractivity (Wildman–Crippen MR) is 62.7 cm³/mol. The highest BCUT2D eigenvalue weighted by Crippen LogP contribution is 2.01. The first kappa shape index (κ1) is 15.3. The number of aromatic carboxylic acids is 1. The van der Waals surface area contributed by atoms with Crippen molar-refractivity contribution in [3.63, 3.8) is 0 Å². The van der Waals surface area contributed by atoms with Gasteiger partial charge in [0.15, 0.2) is 10.8 Å². The number of carbonyl (C=O) groups excluding carboxylic acids is 1. The fourth-order valence-electron chi connectivity index (χ4n) is 0.781. The Kier molecular flexibility index (Phi) is 7.62. The minimum absolute atomic E-state index is 0.107. The second kappa shape index (κ2) is 8.46. The van der Waals surface area contributed by atoms with Crippen LogP contribution in [0.3, 0.4) is 0 Å². The molecule has 0 aliphatic rings. The molecule has 6 nitrogen and oxygen atoms in total. The molecule has 0 radical (unpaired) electrons. The van der Waals surface area contributed by atoms with Gasteiger partial charge in [-0.05, 0) is 18.6 Å². The normalized spacial score (nSPS) is 9.06. The van der Waals surface area contributed by atoms with Crippen molar-refractivity contribution in [1.82, 2.24) is 10.2 Å². The van der Waals surface area contributed by atoms with Crippen LogP contribution in [0.1, 0.15) is 36.7 Å². The minimum Gasteiger partial charge on any atom is -0.476 e. The van der Waals surface area contributed by atoms with Gasteiger partial charge < -0.3 is 10.8 Å². The Labute approximate surface area is 104 Å². The van der Waals surface area contributed by atoms with Crippen molar-refractivity contribution in [2.24, 2.45) is 5.73 Å². The van der Waals surface area contributed by atoms with Gasteiger partial charge in [-0.25, -0.2) is 4.79 Å². The highest BCUT2D eigenvalue weighted by atomic mass is 35.5. The summed E-state index contributed by atoms with van der Waals surface area (Å²) in [5.74, 6) is -1.30. The third-order valence-corrected chi connectivity index (χ3v) is 1.83. The molecule has 1 rings (SSSR count). The number of rotatable bonds is 4. The van der Waals surface area contributed by atoms with Crippen molar-refractivity contribution in [3.8, 4) is 0 Å². The van der Waals surface area contributed by atoms with Crippen molar-refractivity contribution in [3.05, 3.63) is 23.0 Å². The number of hydrogen-bond acceptors (Lipinski definition) is 4. The van der Waals surface area contributed by atoms with Crippen LogP contribution in [0.2, 0.25) is 5.15 Å². The van der Waals surface area contributed by atoms with Crippen LogP contribution in [0.25, 0.3) is 0 Å². The van der Waals surface area contributed by atoms with E-state index < -0.39 is 5.97 Å². The van der Waals surface area contributed by atoms with Crippen LogP contribution < -0.4 is 5.73 Å². The van der Waals surface area contributed by atoms with Crippen molar-refractivity contribution in [2.75, 3.05) is 0 Å². The third-order valence-electron chi connectivity index (χ3n) is 1.63. The summed E-state index contributed by atoms with van der Waals surface area (Å²) < 4.78 is 0. The number of amides is 1. The molecule has 0 spiro atoms. The summed E-state index contributed by atoms with van der Waals surface area (Å²) in [7, 11) is 0. The third kappa shape index (κ3) is 8.15. The van der Waals surface area contributed by atoms with Crippen LogP contribution in [0.4, 0.5) is 0 Å². The smallest absolute Gasteiger partial charge is 0.356 e. The first-order valence-corrected chi connectivity index (χ1v) is 5.36. The molecule has 1 heterocycles. The molecule has 3 N–H and O–H groups in total. The van der Waals surface area contributed by atoms with E-state index in [2.05, 4.69) is 10.2 Å². The predicted octanol–water partition coefficient (Wildman–Crippen LogP) is 1.49. The number of carbonyl (C=O) groups is 2.